The smallest absolute Gasteiger partial charge is 0.242 e. The third-order valence-electron chi connectivity index (χ3n) is 22.9. The van der Waals surface area contributed by atoms with Crippen molar-refractivity contribution < 1.29 is 46.5 Å². The highest BCUT2D eigenvalue weighted by Crippen LogP contribution is 2.47. The highest BCUT2D eigenvalue weighted by Gasteiger charge is 2.41. The molecule has 0 aliphatic heterocycles. The van der Waals surface area contributed by atoms with Crippen LogP contribution in [0.15, 0.2) is 144 Å². The van der Waals surface area contributed by atoms with E-state index in [1.807, 2.05) is 64.1 Å². The van der Waals surface area contributed by atoms with E-state index in [0.717, 1.165) is 114 Å². The van der Waals surface area contributed by atoms with Crippen molar-refractivity contribution in [2.24, 2.45) is 67.5 Å². The molecule has 0 saturated heterocycles. The molecule has 7 aliphatic rings. The molecule has 0 amide bonds. The van der Waals surface area contributed by atoms with Crippen molar-refractivity contribution >= 4 is 105 Å². The van der Waals surface area contributed by atoms with Crippen LogP contribution in [0, 0.1) is 161 Å². The van der Waals surface area contributed by atoms with E-state index in [1.54, 1.807) is 35.9 Å². The van der Waals surface area contributed by atoms with Gasteiger partial charge in [0.15, 0.2) is 23.1 Å². The highest BCUT2D eigenvalue weighted by atomic mass is 35.5. The van der Waals surface area contributed by atoms with Gasteiger partial charge in [0.2, 0.25) is 33.3 Å². The quantitative estimate of drug-likeness (QED) is 0.0278. The average molecular weight is 1870 g/mol. The molecule has 0 bridgehead atoms. The number of nitrogens with zero attached hydrogens (tertiary/aromatic N) is 3. The van der Waals surface area contributed by atoms with Crippen molar-refractivity contribution in [2.75, 3.05) is 0 Å². The number of hydrogen-bond donors (Lipinski definition) is 0. The molecule has 0 heterocycles. The molecule has 0 aromatic heterocycles. The first-order chi connectivity index (χ1) is 58.4. The lowest BCUT2D eigenvalue weighted by atomic mass is 9.68. The van der Waals surface area contributed by atoms with Crippen LogP contribution in [-0.4, -0.2) is 93.2 Å². The molecule has 0 aromatic rings. The van der Waals surface area contributed by atoms with E-state index in [1.165, 1.54) is 23.7 Å². The Morgan fingerprint density at radius 3 is 1.24 bits per heavy atom. The maximum Gasteiger partial charge on any atom is 0.242 e. The fourth-order valence-electron chi connectivity index (χ4n) is 14.2. The Labute approximate surface area is 786 Å². The predicted octanol–water partition coefficient (Wildman–Crippen LogP) is 28.0. The highest BCUT2D eigenvalue weighted by molar-refractivity contribution is 6.84. The SMILES string of the molecule is C#CC1(CC)C=CC(=O)C(C#N)=C1.C#CC1(CC)C=CC(=O)C(C#N)C1.C=C(/C=C/C)O[Si](C)(C)C.C=C(C=O)CC.CCC1(C#C[Si](C)(C)C)C=CC(=O)C(C#N)C1.CCC1(C#C[Si](C)(C)C)C=CC(=O)CC1.CCC1(C#C[Si](C)(C)C)CCC(O[Si](C)(C)C)=CC1C.CCC1(C=CCl)CCC(O[Si](C)(C)C)=CC1C.CCC1(C=O)CCC(O[Si](C)(C)C)=CC1C. The number of halogens is 1. The summed E-state index contributed by atoms with van der Waals surface area (Å²) in [6.07, 6.45) is 56.6. The first kappa shape index (κ1) is 121. The Morgan fingerprint density at radius 2 is 0.921 bits per heavy atom. The maximum absolute atomic E-state index is 11.5. The zero-order chi connectivity index (χ0) is 98.7. The third kappa shape index (κ3) is 46.5. The minimum Gasteiger partial charge on any atom is -0.548 e. The number of ketones is 4. The van der Waals surface area contributed by atoms with Gasteiger partial charge in [0.25, 0.3) is 0 Å². The molecule has 698 valence electrons. The van der Waals surface area contributed by atoms with E-state index in [0.29, 0.717) is 49.0 Å². The molecule has 0 spiro atoms. The summed E-state index contributed by atoms with van der Waals surface area (Å²) in [6.45, 7) is 79.3. The van der Waals surface area contributed by atoms with Gasteiger partial charge >= 0.3 is 0 Å². The Morgan fingerprint density at radius 1 is 0.504 bits per heavy atom. The lowest BCUT2D eigenvalue weighted by Crippen LogP contribution is -2.34. The van der Waals surface area contributed by atoms with E-state index in [-0.39, 0.29) is 61.2 Å². The van der Waals surface area contributed by atoms with E-state index >= 15 is 0 Å². The van der Waals surface area contributed by atoms with Crippen LogP contribution in [0.25, 0.3) is 0 Å². The van der Waals surface area contributed by atoms with Gasteiger partial charge in [0.05, 0.1) is 57.0 Å². The van der Waals surface area contributed by atoms with Crippen molar-refractivity contribution in [3.05, 3.63) is 144 Å². The van der Waals surface area contributed by atoms with Crippen molar-refractivity contribution in [1.29, 1.82) is 15.8 Å². The minimum atomic E-state index is -1.50. The van der Waals surface area contributed by atoms with Gasteiger partial charge in [-0.2, -0.15) is 15.8 Å². The lowest BCUT2D eigenvalue weighted by molar-refractivity contribution is -0.119. The molecule has 0 radical (unpaired) electrons. The van der Waals surface area contributed by atoms with Crippen molar-refractivity contribution in [3.8, 4) is 77.3 Å². The second-order valence-electron chi connectivity index (χ2n) is 41.4. The topological polar surface area (TPSA) is 211 Å². The molecule has 21 heteroatoms. The van der Waals surface area contributed by atoms with Crippen LogP contribution in [0.1, 0.15) is 199 Å². The second-order valence-corrected chi connectivity index (χ2v) is 73.7. The number of aldehydes is 2. The van der Waals surface area contributed by atoms with Crippen LogP contribution in [0.4, 0.5) is 0 Å². The van der Waals surface area contributed by atoms with Crippen molar-refractivity contribution in [1.82, 2.24) is 0 Å². The Hall–Kier alpha value is -7.82. The van der Waals surface area contributed by atoms with Gasteiger partial charge in [0, 0.05) is 47.5 Å². The van der Waals surface area contributed by atoms with Crippen LogP contribution >= 0.6 is 11.6 Å². The lowest BCUT2D eigenvalue weighted by Gasteiger charge is -2.39. The van der Waals surface area contributed by atoms with Gasteiger partial charge < -0.3 is 22.5 Å². The molecule has 7 rings (SSSR count). The van der Waals surface area contributed by atoms with Gasteiger partial charge in [-0.3, -0.25) is 24.0 Å². The van der Waals surface area contributed by atoms with Crippen LogP contribution < -0.4 is 0 Å². The largest absolute Gasteiger partial charge is 0.548 e. The summed E-state index contributed by atoms with van der Waals surface area (Å²) in [5.41, 5.74) is 11.9. The van der Waals surface area contributed by atoms with Gasteiger partial charge in [-0.25, -0.2) is 0 Å². The first-order valence-electron chi connectivity index (χ1n) is 45.9. The summed E-state index contributed by atoms with van der Waals surface area (Å²) in [5.74, 6) is 20.0. The van der Waals surface area contributed by atoms with Gasteiger partial charge in [-0.05, 0) is 259 Å². The molecular weight excluding hydrogens is 1710 g/mol. The predicted molar refractivity (Wildman–Crippen MR) is 555 cm³/mol. The number of allylic oxidation sites excluding steroid dienone is 20. The number of rotatable bonds is 20. The molecule has 12 atom stereocenters. The second kappa shape index (κ2) is 54.7. The summed E-state index contributed by atoms with van der Waals surface area (Å²) < 4.78 is 23.9. The third-order valence-corrected chi connectivity index (χ3v) is 29.1. The first-order valence-corrected chi connectivity index (χ1v) is 70.5. The zero-order valence-corrected chi connectivity index (χ0v) is 92.6. The number of hydrogen-bond acceptors (Lipinski definition) is 13. The van der Waals surface area contributed by atoms with E-state index in [4.69, 9.17) is 57.9 Å². The molecule has 0 N–H and O–H groups in total. The standard InChI is InChI=1S/C17H32OSi2.C14H25ClOSi.C14H19NOSi.C13H24O2Si.C13H20OSi.C11H11NO.C11H9NO.C8H16OSi.C5H8O/c1-9-17(12-13-19(3,4)5)11-10-16(14-15(17)2)18-20(6,7)8;1-6-14(9-10-15)8-7-13(11-12(14)2)16-17(3,4)5;1-5-14(8-9-17(2,3)4)7-6-13(16)12(10-14)11-15;1-6-13(10-14)8-7-12(9-11(13)2)15-16(3,4)5;1-5-13(10-11-15(2,3)4)8-6-12(14)7-9-13;2*1-3-11(4-2)6-5-10(13)9(7-11)8-12;1-6-7-8(2)9-10(3,4)5;1-3-5(2)4-6/h14-15H,9-11H2,1-8H3;9-12H,6-8H2,1-5H3;6-7,12H,5,10H2,1-4H3;9-11H,6-8H2,1-5H3;6,8H,5,7,9H2,1-4H3;1,5-6,9H,4,7H2,2H3;1,5-7H,4H2,2H3;6-7H,2H2,1,3-5H3;4H,2-3H2,1H3/b;;;;;;;7-6+;. The summed E-state index contributed by atoms with van der Waals surface area (Å²) in [6, 6.07) is 5.91. The summed E-state index contributed by atoms with van der Waals surface area (Å²) >= 11 is 5.79. The van der Waals surface area contributed by atoms with Gasteiger partial charge in [-0.15, -0.1) is 35.4 Å². The van der Waals surface area contributed by atoms with Crippen LogP contribution in [0.5, 0.6) is 0 Å². The zero-order valence-electron chi connectivity index (χ0n) is 84.9. The van der Waals surface area contributed by atoms with E-state index in [2.05, 4.69) is 283 Å². The normalized spacial score (nSPS) is 26.4. The van der Waals surface area contributed by atoms with Crippen LogP contribution in [0.2, 0.25) is 137 Å². The molecule has 7 aliphatic carbocycles. The average Bonchev–Trinajstić information content (AvgIpc) is 0.818. The number of terminal acetylenes is 2. The number of carbonyl (C=O) groups excluding carboxylic acids is 6. The summed E-state index contributed by atoms with van der Waals surface area (Å²) in [7, 11) is -9.86. The molecule has 127 heavy (non-hydrogen) atoms. The van der Waals surface area contributed by atoms with Crippen LogP contribution in [0.3, 0.4) is 0 Å². The van der Waals surface area contributed by atoms with Gasteiger partial charge in [-0.1, -0.05) is 220 Å². The molecule has 0 saturated carbocycles. The van der Waals surface area contributed by atoms with Gasteiger partial charge in [0.1, 0.15) is 54.7 Å². The van der Waals surface area contributed by atoms with Crippen LogP contribution in [-0.2, 0) is 46.5 Å². The maximum atomic E-state index is 11.5. The van der Waals surface area contributed by atoms with Crippen molar-refractivity contribution in [2.45, 2.75) is 336 Å². The molecule has 13 nitrogen and oxygen atoms in total. The molecule has 12 unspecified atom stereocenters. The van der Waals surface area contributed by atoms with E-state index in [9.17, 15) is 28.8 Å². The Bertz CT molecular complexity index is 4470. The fourth-order valence-corrected chi connectivity index (χ4v) is 20.1. The fraction of sp³-hybridized carbons (Fsp3) is 0.594. The Kier molecular flexibility index (Phi) is 52.2. The Balaban J connectivity index is 0. The minimum absolute atomic E-state index is 0.0197. The van der Waals surface area contributed by atoms with Crippen molar-refractivity contribution in [3.63, 3.8) is 0 Å². The molecule has 0 fully saturated rings. The monoisotopic (exact) mass is 1870 g/mol. The molecular formula is C106H164ClN3O10Si7. The van der Waals surface area contributed by atoms with E-state index < -0.39 is 74.7 Å². The summed E-state index contributed by atoms with van der Waals surface area (Å²) in [5, 5.41) is 26.3. The molecule has 0 aromatic carbocycles. The number of nitriles is 3. The summed E-state index contributed by atoms with van der Waals surface area (Å²) in [4.78, 5) is 65.8. The number of carbonyl (C=O) groups is 6.